The van der Waals surface area contributed by atoms with Gasteiger partial charge in [-0.1, -0.05) is 17.7 Å². The van der Waals surface area contributed by atoms with Gasteiger partial charge >= 0.3 is 6.09 Å². The van der Waals surface area contributed by atoms with Crippen LogP contribution in [-0.2, 0) is 11.3 Å². The van der Waals surface area contributed by atoms with Crippen LogP contribution in [0, 0.1) is 0 Å². The smallest absolute Gasteiger partial charge is 0.409 e. The summed E-state index contributed by atoms with van der Waals surface area (Å²) < 4.78 is 5.04. The minimum atomic E-state index is -0.223. The summed E-state index contributed by atoms with van der Waals surface area (Å²) in [6.07, 6.45) is -0.223. The molecule has 21 heavy (non-hydrogen) atoms. The lowest BCUT2D eigenvalue weighted by Gasteiger charge is -2.36. The van der Waals surface area contributed by atoms with Crippen molar-refractivity contribution in [2.24, 2.45) is 0 Å². The molecule has 0 radical (unpaired) electrons. The molecule has 6 heteroatoms. The Balaban J connectivity index is 2.04. The standard InChI is InChI=1S/C15H22ClN3O2/c1-3-21-15(20)19-8-6-18(7-9-19)14-10-13(16)5-4-12(14)11-17-2/h4-5,10,17H,3,6-9,11H2,1-2H3. The van der Waals surface area contributed by atoms with Gasteiger partial charge in [-0.2, -0.15) is 0 Å². The number of benzene rings is 1. The van der Waals surface area contributed by atoms with Crippen LogP contribution >= 0.6 is 11.6 Å². The van der Waals surface area contributed by atoms with Crippen LogP contribution in [0.1, 0.15) is 12.5 Å². The van der Waals surface area contributed by atoms with E-state index in [1.165, 1.54) is 5.56 Å². The Kier molecular flexibility index (Phi) is 5.70. The van der Waals surface area contributed by atoms with E-state index >= 15 is 0 Å². The molecule has 0 saturated carbocycles. The number of piperazine rings is 1. The summed E-state index contributed by atoms with van der Waals surface area (Å²) in [7, 11) is 1.93. The van der Waals surface area contributed by atoms with Gasteiger partial charge in [0.1, 0.15) is 0 Å². The number of rotatable bonds is 4. The van der Waals surface area contributed by atoms with Crippen LogP contribution in [0.2, 0.25) is 5.02 Å². The first-order chi connectivity index (χ1) is 10.2. The molecule has 0 bridgehead atoms. The van der Waals surface area contributed by atoms with Crippen LogP contribution in [0.5, 0.6) is 0 Å². The van der Waals surface area contributed by atoms with Gasteiger partial charge in [0.05, 0.1) is 6.61 Å². The van der Waals surface area contributed by atoms with Gasteiger partial charge in [-0.3, -0.25) is 0 Å². The largest absolute Gasteiger partial charge is 0.450 e. The quantitative estimate of drug-likeness (QED) is 0.927. The van der Waals surface area contributed by atoms with E-state index in [9.17, 15) is 4.79 Å². The average molecular weight is 312 g/mol. The van der Waals surface area contributed by atoms with Gasteiger partial charge in [0.15, 0.2) is 0 Å². The minimum Gasteiger partial charge on any atom is -0.450 e. The molecule has 1 aromatic rings. The van der Waals surface area contributed by atoms with Crippen molar-refractivity contribution in [2.75, 3.05) is 44.7 Å². The van der Waals surface area contributed by atoms with Gasteiger partial charge in [0, 0.05) is 43.4 Å². The lowest BCUT2D eigenvalue weighted by atomic mass is 10.1. The molecule has 0 atom stereocenters. The molecule has 1 fully saturated rings. The number of carbonyl (C=O) groups excluding carboxylic acids is 1. The van der Waals surface area contributed by atoms with E-state index in [-0.39, 0.29) is 6.09 Å². The van der Waals surface area contributed by atoms with Crippen LogP contribution in [0.25, 0.3) is 0 Å². The van der Waals surface area contributed by atoms with Crippen LogP contribution in [0.15, 0.2) is 18.2 Å². The summed E-state index contributed by atoms with van der Waals surface area (Å²) >= 11 is 6.12. The summed E-state index contributed by atoms with van der Waals surface area (Å²) in [4.78, 5) is 15.7. The van der Waals surface area contributed by atoms with E-state index in [2.05, 4.69) is 10.2 Å². The average Bonchev–Trinajstić information content (AvgIpc) is 2.50. The number of ether oxygens (including phenoxy) is 1. The molecule has 1 heterocycles. The van der Waals surface area contributed by atoms with Crippen molar-refractivity contribution >= 4 is 23.4 Å². The van der Waals surface area contributed by atoms with Crippen LogP contribution in [0.3, 0.4) is 0 Å². The molecule has 0 aromatic heterocycles. The van der Waals surface area contributed by atoms with Gasteiger partial charge < -0.3 is 19.9 Å². The van der Waals surface area contributed by atoms with E-state index in [1.807, 2.05) is 32.2 Å². The minimum absolute atomic E-state index is 0.223. The zero-order valence-electron chi connectivity index (χ0n) is 12.6. The number of hydrogen-bond donors (Lipinski definition) is 1. The summed E-state index contributed by atoms with van der Waals surface area (Å²) in [6.45, 7) is 5.95. The predicted molar refractivity (Wildman–Crippen MR) is 85.0 cm³/mol. The molecule has 1 saturated heterocycles. The molecule has 1 N–H and O–H groups in total. The number of nitrogens with zero attached hydrogens (tertiary/aromatic N) is 2. The fourth-order valence-electron chi connectivity index (χ4n) is 2.52. The summed E-state index contributed by atoms with van der Waals surface area (Å²) in [5.74, 6) is 0. The van der Waals surface area contributed by atoms with Crippen molar-refractivity contribution in [1.82, 2.24) is 10.2 Å². The van der Waals surface area contributed by atoms with Crippen molar-refractivity contribution < 1.29 is 9.53 Å². The maximum atomic E-state index is 11.7. The molecular weight excluding hydrogens is 290 g/mol. The monoisotopic (exact) mass is 311 g/mol. The number of hydrogen-bond acceptors (Lipinski definition) is 4. The zero-order valence-corrected chi connectivity index (χ0v) is 13.3. The summed E-state index contributed by atoms with van der Waals surface area (Å²) in [5, 5.41) is 3.91. The Hall–Kier alpha value is -1.46. The zero-order chi connectivity index (χ0) is 15.2. The van der Waals surface area contributed by atoms with E-state index in [0.717, 1.165) is 30.3 Å². The number of amides is 1. The Morgan fingerprint density at radius 1 is 1.33 bits per heavy atom. The van der Waals surface area contributed by atoms with E-state index in [4.69, 9.17) is 16.3 Å². The Labute approximate surface area is 130 Å². The summed E-state index contributed by atoms with van der Waals surface area (Å²) in [6, 6.07) is 5.95. The number of halogens is 1. The fourth-order valence-corrected chi connectivity index (χ4v) is 2.68. The first-order valence-corrected chi connectivity index (χ1v) is 7.63. The van der Waals surface area contributed by atoms with Gasteiger partial charge in [-0.05, 0) is 31.7 Å². The summed E-state index contributed by atoms with van der Waals surface area (Å²) in [5.41, 5.74) is 2.35. The highest BCUT2D eigenvalue weighted by atomic mass is 35.5. The molecule has 116 valence electrons. The molecule has 1 aliphatic heterocycles. The predicted octanol–water partition coefficient (Wildman–Crippen LogP) is 2.34. The van der Waals surface area contributed by atoms with Crippen LogP contribution in [-0.4, -0.2) is 50.8 Å². The highest BCUT2D eigenvalue weighted by molar-refractivity contribution is 6.30. The topological polar surface area (TPSA) is 44.8 Å². The Morgan fingerprint density at radius 2 is 2.05 bits per heavy atom. The highest BCUT2D eigenvalue weighted by Crippen LogP contribution is 2.26. The molecule has 0 unspecified atom stereocenters. The van der Waals surface area contributed by atoms with Crippen LogP contribution in [0.4, 0.5) is 10.5 Å². The SMILES string of the molecule is CCOC(=O)N1CCN(c2cc(Cl)ccc2CNC)CC1. The molecule has 5 nitrogen and oxygen atoms in total. The van der Waals surface area contributed by atoms with Crippen molar-refractivity contribution in [3.63, 3.8) is 0 Å². The van der Waals surface area contributed by atoms with Gasteiger partial charge in [-0.15, -0.1) is 0 Å². The van der Waals surface area contributed by atoms with Crippen molar-refractivity contribution in [1.29, 1.82) is 0 Å². The maximum absolute atomic E-state index is 11.7. The lowest BCUT2D eigenvalue weighted by Crippen LogP contribution is -2.49. The molecule has 0 aliphatic carbocycles. The molecule has 1 aliphatic rings. The molecular formula is C15H22ClN3O2. The molecule has 1 amide bonds. The third-order valence-electron chi connectivity index (χ3n) is 3.56. The third kappa shape index (κ3) is 4.02. The second-order valence-corrected chi connectivity index (χ2v) is 5.41. The maximum Gasteiger partial charge on any atom is 0.409 e. The van der Waals surface area contributed by atoms with Crippen molar-refractivity contribution in [3.8, 4) is 0 Å². The van der Waals surface area contributed by atoms with Gasteiger partial charge in [0.2, 0.25) is 0 Å². The van der Waals surface area contributed by atoms with Crippen LogP contribution < -0.4 is 10.2 Å². The van der Waals surface area contributed by atoms with E-state index < -0.39 is 0 Å². The first-order valence-electron chi connectivity index (χ1n) is 7.25. The molecule has 2 rings (SSSR count). The Bertz CT molecular complexity index is 488. The van der Waals surface area contributed by atoms with Gasteiger partial charge in [-0.25, -0.2) is 4.79 Å². The third-order valence-corrected chi connectivity index (χ3v) is 3.80. The van der Waals surface area contributed by atoms with E-state index in [1.54, 1.807) is 4.90 Å². The van der Waals surface area contributed by atoms with Crippen molar-refractivity contribution in [2.45, 2.75) is 13.5 Å². The fraction of sp³-hybridized carbons (Fsp3) is 0.533. The normalized spacial score (nSPS) is 15.2. The number of nitrogens with one attached hydrogen (secondary N) is 1. The Morgan fingerprint density at radius 3 is 2.67 bits per heavy atom. The molecule has 1 aromatic carbocycles. The van der Waals surface area contributed by atoms with E-state index in [0.29, 0.717) is 19.7 Å². The van der Waals surface area contributed by atoms with Crippen molar-refractivity contribution in [3.05, 3.63) is 28.8 Å². The molecule has 0 spiro atoms. The number of anilines is 1. The second-order valence-electron chi connectivity index (χ2n) is 4.98. The number of carbonyl (C=O) groups is 1. The lowest BCUT2D eigenvalue weighted by molar-refractivity contribution is 0.105. The highest BCUT2D eigenvalue weighted by Gasteiger charge is 2.23. The first kappa shape index (κ1) is 15.9. The second kappa shape index (κ2) is 7.52. The van der Waals surface area contributed by atoms with Gasteiger partial charge in [0.25, 0.3) is 0 Å².